The third kappa shape index (κ3) is 3.39. The standard InChI is InChI=1S/C22H16ClN3O/c1-14-20(22(27)25-17-5-4-12-24-13-17)18-6-2-3-7-19(18)26-21(14)15-8-10-16(23)11-9-15/h2-13H,1H3,(H,25,27). The number of nitrogens with one attached hydrogen (secondary N) is 1. The lowest BCUT2D eigenvalue weighted by atomic mass is 9.97. The fourth-order valence-electron chi connectivity index (χ4n) is 3.12. The number of nitrogens with zero attached hydrogens (tertiary/aromatic N) is 2. The first-order valence-electron chi connectivity index (χ1n) is 8.50. The number of rotatable bonds is 3. The molecule has 0 unspecified atom stereocenters. The van der Waals surface area contributed by atoms with Crippen molar-refractivity contribution >= 4 is 34.1 Å². The summed E-state index contributed by atoms with van der Waals surface area (Å²) < 4.78 is 0. The van der Waals surface area contributed by atoms with Crippen LogP contribution in [0.5, 0.6) is 0 Å². The Morgan fingerprint density at radius 1 is 1.00 bits per heavy atom. The molecule has 27 heavy (non-hydrogen) atoms. The smallest absolute Gasteiger partial charge is 0.256 e. The highest BCUT2D eigenvalue weighted by molar-refractivity contribution is 6.30. The van der Waals surface area contributed by atoms with Gasteiger partial charge in [-0.1, -0.05) is 41.9 Å². The van der Waals surface area contributed by atoms with Gasteiger partial charge in [0.25, 0.3) is 5.91 Å². The van der Waals surface area contributed by atoms with Crippen LogP contribution < -0.4 is 5.32 Å². The van der Waals surface area contributed by atoms with Crippen LogP contribution in [0.2, 0.25) is 5.02 Å². The molecule has 0 saturated carbocycles. The molecule has 0 atom stereocenters. The normalized spacial score (nSPS) is 10.7. The summed E-state index contributed by atoms with van der Waals surface area (Å²) in [4.78, 5) is 21.9. The minimum atomic E-state index is -0.186. The summed E-state index contributed by atoms with van der Waals surface area (Å²) in [6, 6.07) is 18.7. The van der Waals surface area contributed by atoms with Gasteiger partial charge in [0.05, 0.1) is 28.7 Å². The fraction of sp³-hybridized carbons (Fsp3) is 0.0455. The molecule has 4 rings (SSSR count). The molecule has 0 spiro atoms. The Kier molecular flexibility index (Phi) is 4.57. The van der Waals surface area contributed by atoms with Crippen molar-refractivity contribution in [3.8, 4) is 11.3 Å². The highest BCUT2D eigenvalue weighted by atomic mass is 35.5. The van der Waals surface area contributed by atoms with E-state index < -0.39 is 0 Å². The maximum absolute atomic E-state index is 13.1. The van der Waals surface area contributed by atoms with Crippen LogP contribution in [0.25, 0.3) is 22.2 Å². The zero-order valence-electron chi connectivity index (χ0n) is 14.6. The molecule has 0 radical (unpaired) electrons. The van der Waals surface area contributed by atoms with Crippen molar-refractivity contribution in [3.63, 3.8) is 0 Å². The number of para-hydroxylation sites is 1. The zero-order chi connectivity index (χ0) is 18.8. The van der Waals surface area contributed by atoms with Gasteiger partial charge in [0.15, 0.2) is 0 Å². The highest BCUT2D eigenvalue weighted by Crippen LogP contribution is 2.30. The van der Waals surface area contributed by atoms with Crippen LogP contribution in [0.4, 0.5) is 5.69 Å². The Morgan fingerprint density at radius 2 is 1.78 bits per heavy atom. The average molecular weight is 374 g/mol. The van der Waals surface area contributed by atoms with Gasteiger partial charge in [0, 0.05) is 22.2 Å². The molecule has 1 N–H and O–H groups in total. The summed E-state index contributed by atoms with van der Waals surface area (Å²) >= 11 is 6.02. The number of carbonyl (C=O) groups is 1. The highest BCUT2D eigenvalue weighted by Gasteiger charge is 2.19. The molecule has 0 aliphatic heterocycles. The Bertz CT molecular complexity index is 1130. The number of hydrogen-bond acceptors (Lipinski definition) is 3. The van der Waals surface area contributed by atoms with Crippen LogP contribution in [0.15, 0.2) is 73.1 Å². The molecule has 2 aromatic carbocycles. The summed E-state index contributed by atoms with van der Waals surface area (Å²) in [5.41, 5.74) is 4.52. The molecule has 0 bridgehead atoms. The second kappa shape index (κ2) is 7.17. The molecular weight excluding hydrogens is 358 g/mol. The maximum Gasteiger partial charge on any atom is 0.256 e. The van der Waals surface area contributed by atoms with E-state index in [1.807, 2.05) is 61.5 Å². The van der Waals surface area contributed by atoms with Gasteiger partial charge in [0.2, 0.25) is 0 Å². The van der Waals surface area contributed by atoms with Crippen molar-refractivity contribution in [2.75, 3.05) is 5.32 Å². The quantitative estimate of drug-likeness (QED) is 0.515. The molecule has 5 heteroatoms. The van der Waals surface area contributed by atoms with Crippen LogP contribution in [0.3, 0.4) is 0 Å². The SMILES string of the molecule is Cc1c(-c2ccc(Cl)cc2)nc2ccccc2c1C(=O)Nc1cccnc1. The molecule has 0 saturated heterocycles. The number of fused-ring (bicyclic) bond motifs is 1. The molecule has 0 aliphatic carbocycles. The number of benzene rings is 2. The van der Waals surface area contributed by atoms with Crippen molar-refractivity contribution in [2.24, 2.45) is 0 Å². The first-order chi connectivity index (χ1) is 13.1. The lowest BCUT2D eigenvalue weighted by molar-refractivity contribution is 0.102. The van der Waals surface area contributed by atoms with Crippen LogP contribution >= 0.6 is 11.6 Å². The third-order valence-corrected chi connectivity index (χ3v) is 4.65. The van der Waals surface area contributed by atoms with Gasteiger partial charge in [-0.05, 0) is 42.8 Å². The minimum Gasteiger partial charge on any atom is -0.321 e. The van der Waals surface area contributed by atoms with Crippen molar-refractivity contribution < 1.29 is 4.79 Å². The van der Waals surface area contributed by atoms with Gasteiger partial charge < -0.3 is 5.32 Å². The van der Waals surface area contributed by atoms with E-state index in [1.54, 1.807) is 18.5 Å². The summed E-state index contributed by atoms with van der Waals surface area (Å²) in [6.45, 7) is 1.92. The first kappa shape index (κ1) is 17.2. The molecule has 0 fully saturated rings. The van der Waals surface area contributed by atoms with Crippen molar-refractivity contribution in [2.45, 2.75) is 6.92 Å². The number of carbonyl (C=O) groups excluding carboxylic acids is 1. The van der Waals surface area contributed by atoms with E-state index in [9.17, 15) is 4.79 Å². The van der Waals surface area contributed by atoms with E-state index in [4.69, 9.17) is 16.6 Å². The predicted molar refractivity (Wildman–Crippen MR) is 109 cm³/mol. The van der Waals surface area contributed by atoms with Crippen molar-refractivity contribution in [1.82, 2.24) is 9.97 Å². The van der Waals surface area contributed by atoms with E-state index in [1.165, 1.54) is 0 Å². The Balaban J connectivity index is 1.89. The number of amides is 1. The fourth-order valence-corrected chi connectivity index (χ4v) is 3.24. The van der Waals surface area contributed by atoms with Gasteiger partial charge in [-0.15, -0.1) is 0 Å². The van der Waals surface area contributed by atoms with E-state index in [2.05, 4.69) is 10.3 Å². The van der Waals surface area contributed by atoms with E-state index in [0.29, 0.717) is 16.3 Å². The number of aromatic nitrogens is 2. The van der Waals surface area contributed by atoms with Gasteiger partial charge in [0.1, 0.15) is 0 Å². The summed E-state index contributed by atoms with van der Waals surface area (Å²) in [6.07, 6.45) is 3.29. The summed E-state index contributed by atoms with van der Waals surface area (Å²) in [5, 5.41) is 4.40. The molecular formula is C22H16ClN3O. The number of hydrogen-bond donors (Lipinski definition) is 1. The molecule has 2 heterocycles. The summed E-state index contributed by atoms with van der Waals surface area (Å²) in [7, 11) is 0. The summed E-state index contributed by atoms with van der Waals surface area (Å²) in [5.74, 6) is -0.186. The van der Waals surface area contributed by atoms with Crippen LogP contribution in [0.1, 0.15) is 15.9 Å². The molecule has 2 aromatic heterocycles. The lowest BCUT2D eigenvalue weighted by Gasteiger charge is -2.15. The Morgan fingerprint density at radius 3 is 2.52 bits per heavy atom. The van der Waals surface area contributed by atoms with Crippen LogP contribution in [-0.2, 0) is 0 Å². The first-order valence-corrected chi connectivity index (χ1v) is 8.88. The molecule has 4 aromatic rings. The predicted octanol–water partition coefficient (Wildman–Crippen LogP) is 5.51. The lowest BCUT2D eigenvalue weighted by Crippen LogP contribution is -2.15. The Labute approximate surface area is 161 Å². The number of pyridine rings is 2. The zero-order valence-corrected chi connectivity index (χ0v) is 15.4. The largest absolute Gasteiger partial charge is 0.321 e. The topological polar surface area (TPSA) is 54.9 Å². The monoisotopic (exact) mass is 373 g/mol. The van der Waals surface area contributed by atoms with Crippen molar-refractivity contribution in [3.05, 3.63) is 89.2 Å². The third-order valence-electron chi connectivity index (χ3n) is 4.40. The molecule has 0 aliphatic rings. The van der Waals surface area contributed by atoms with Crippen LogP contribution in [-0.4, -0.2) is 15.9 Å². The van der Waals surface area contributed by atoms with E-state index in [0.717, 1.165) is 27.7 Å². The van der Waals surface area contributed by atoms with Crippen molar-refractivity contribution in [1.29, 1.82) is 0 Å². The van der Waals surface area contributed by atoms with Crippen LogP contribution in [0, 0.1) is 6.92 Å². The van der Waals surface area contributed by atoms with Gasteiger partial charge >= 0.3 is 0 Å². The average Bonchev–Trinajstić information content (AvgIpc) is 2.69. The van der Waals surface area contributed by atoms with Gasteiger partial charge in [-0.25, -0.2) is 4.98 Å². The van der Waals surface area contributed by atoms with Gasteiger partial charge in [-0.2, -0.15) is 0 Å². The molecule has 1 amide bonds. The van der Waals surface area contributed by atoms with E-state index >= 15 is 0 Å². The Hall–Kier alpha value is -3.24. The maximum atomic E-state index is 13.1. The molecule has 132 valence electrons. The second-order valence-electron chi connectivity index (χ2n) is 6.18. The number of halogens is 1. The molecule has 4 nitrogen and oxygen atoms in total. The number of anilines is 1. The second-order valence-corrected chi connectivity index (χ2v) is 6.62. The van der Waals surface area contributed by atoms with Gasteiger partial charge in [-0.3, -0.25) is 9.78 Å². The van der Waals surface area contributed by atoms with E-state index in [-0.39, 0.29) is 5.91 Å². The minimum absolute atomic E-state index is 0.186.